The van der Waals surface area contributed by atoms with Gasteiger partial charge < -0.3 is 10.4 Å². The molecule has 0 bridgehead atoms. The summed E-state index contributed by atoms with van der Waals surface area (Å²) < 4.78 is 1.13. The first-order chi connectivity index (χ1) is 9.21. The second-order valence-electron chi connectivity index (χ2n) is 5.09. The van der Waals surface area contributed by atoms with Crippen molar-refractivity contribution in [3.63, 3.8) is 0 Å². The van der Waals surface area contributed by atoms with Crippen LogP contribution in [-0.4, -0.2) is 18.3 Å². The van der Waals surface area contributed by atoms with E-state index in [0.717, 1.165) is 23.9 Å². The zero-order valence-corrected chi connectivity index (χ0v) is 13.6. The highest BCUT2D eigenvalue weighted by Crippen LogP contribution is 2.21. The number of rotatable bonds is 9. The van der Waals surface area contributed by atoms with Gasteiger partial charge in [0.05, 0.1) is 0 Å². The van der Waals surface area contributed by atoms with Crippen molar-refractivity contribution in [3.05, 3.63) is 34.3 Å². The molecule has 0 aliphatic rings. The van der Waals surface area contributed by atoms with Gasteiger partial charge in [0, 0.05) is 17.1 Å². The Morgan fingerprint density at radius 2 is 2.05 bits per heavy atom. The van der Waals surface area contributed by atoms with E-state index in [2.05, 4.69) is 59.4 Å². The molecule has 2 atom stereocenters. The summed E-state index contributed by atoms with van der Waals surface area (Å²) >= 11 is 3.53. The Balaban J connectivity index is 2.56. The average molecular weight is 328 g/mol. The van der Waals surface area contributed by atoms with Crippen molar-refractivity contribution >= 4 is 15.9 Å². The Morgan fingerprint density at radius 3 is 2.63 bits per heavy atom. The van der Waals surface area contributed by atoms with Crippen molar-refractivity contribution in [1.29, 1.82) is 0 Å². The molecule has 0 aliphatic heterocycles. The summed E-state index contributed by atoms with van der Waals surface area (Å²) in [5, 5.41) is 12.8. The number of benzene rings is 1. The van der Waals surface area contributed by atoms with Crippen LogP contribution in [0.3, 0.4) is 0 Å². The molecule has 0 saturated heterocycles. The van der Waals surface area contributed by atoms with Gasteiger partial charge in [0.2, 0.25) is 0 Å². The molecule has 2 nitrogen and oxygen atoms in total. The van der Waals surface area contributed by atoms with Gasteiger partial charge in [-0.25, -0.2) is 0 Å². The molecule has 1 rings (SSSR count). The Hall–Kier alpha value is -0.380. The SMILES string of the molecule is CCCC(CCO)CNC(CC)c1cccc(Br)c1. The van der Waals surface area contributed by atoms with Crippen molar-refractivity contribution in [3.8, 4) is 0 Å². The predicted octanol–water partition coefficient (Wildman–Crippen LogP) is 4.29. The molecule has 0 spiro atoms. The first kappa shape index (κ1) is 16.7. The van der Waals surface area contributed by atoms with E-state index < -0.39 is 0 Å². The van der Waals surface area contributed by atoms with E-state index in [0.29, 0.717) is 18.6 Å². The average Bonchev–Trinajstić information content (AvgIpc) is 2.40. The van der Waals surface area contributed by atoms with Crippen LogP contribution in [0.4, 0.5) is 0 Å². The van der Waals surface area contributed by atoms with Gasteiger partial charge in [-0.3, -0.25) is 0 Å². The molecule has 2 N–H and O–H groups in total. The molecular formula is C16H26BrNO. The standard InChI is InChI=1S/C16H26BrNO/c1-3-6-13(9-10-19)12-18-16(4-2)14-7-5-8-15(17)11-14/h5,7-8,11,13,16,18-19H,3-4,6,9-10,12H2,1-2H3. The lowest BCUT2D eigenvalue weighted by atomic mass is 9.98. The van der Waals surface area contributed by atoms with Crippen LogP contribution < -0.4 is 5.32 Å². The van der Waals surface area contributed by atoms with Gasteiger partial charge in [0.15, 0.2) is 0 Å². The van der Waals surface area contributed by atoms with E-state index in [1.54, 1.807) is 0 Å². The van der Waals surface area contributed by atoms with Gasteiger partial charge in [-0.2, -0.15) is 0 Å². The van der Waals surface area contributed by atoms with Crippen LogP contribution in [-0.2, 0) is 0 Å². The zero-order chi connectivity index (χ0) is 14.1. The highest BCUT2D eigenvalue weighted by atomic mass is 79.9. The van der Waals surface area contributed by atoms with Gasteiger partial charge in [0.1, 0.15) is 0 Å². The third-order valence-corrected chi connectivity index (χ3v) is 4.04. The molecule has 1 aromatic rings. The molecule has 0 aliphatic carbocycles. The molecule has 0 aromatic heterocycles. The summed E-state index contributed by atoms with van der Waals surface area (Å²) in [4.78, 5) is 0. The monoisotopic (exact) mass is 327 g/mol. The van der Waals surface area contributed by atoms with Crippen LogP contribution in [0.5, 0.6) is 0 Å². The number of aliphatic hydroxyl groups is 1. The minimum Gasteiger partial charge on any atom is -0.396 e. The lowest BCUT2D eigenvalue weighted by Crippen LogP contribution is -2.27. The third-order valence-electron chi connectivity index (χ3n) is 3.55. The van der Waals surface area contributed by atoms with Crippen LogP contribution in [0, 0.1) is 5.92 Å². The lowest BCUT2D eigenvalue weighted by Gasteiger charge is -2.22. The summed E-state index contributed by atoms with van der Waals surface area (Å²) in [6.07, 6.45) is 4.34. The molecule has 108 valence electrons. The number of aliphatic hydroxyl groups excluding tert-OH is 1. The number of hydrogen-bond donors (Lipinski definition) is 2. The van der Waals surface area contributed by atoms with Crippen molar-refractivity contribution in [2.45, 2.75) is 45.6 Å². The number of hydrogen-bond acceptors (Lipinski definition) is 2. The topological polar surface area (TPSA) is 32.3 Å². The van der Waals surface area contributed by atoms with Gasteiger partial charge in [-0.05, 0) is 49.4 Å². The molecule has 0 fully saturated rings. The van der Waals surface area contributed by atoms with Crippen molar-refractivity contribution < 1.29 is 5.11 Å². The van der Waals surface area contributed by atoms with Gasteiger partial charge >= 0.3 is 0 Å². The van der Waals surface area contributed by atoms with Crippen molar-refractivity contribution in [2.75, 3.05) is 13.2 Å². The zero-order valence-electron chi connectivity index (χ0n) is 12.0. The summed E-state index contributed by atoms with van der Waals surface area (Å²) in [7, 11) is 0. The summed E-state index contributed by atoms with van der Waals surface area (Å²) in [5.41, 5.74) is 1.33. The molecule has 19 heavy (non-hydrogen) atoms. The summed E-state index contributed by atoms with van der Waals surface area (Å²) in [5.74, 6) is 0.580. The lowest BCUT2D eigenvalue weighted by molar-refractivity contribution is 0.244. The van der Waals surface area contributed by atoms with E-state index in [1.807, 2.05) is 0 Å². The molecule has 1 aromatic carbocycles. The van der Waals surface area contributed by atoms with Crippen molar-refractivity contribution in [2.24, 2.45) is 5.92 Å². The Bertz CT molecular complexity index is 350. The molecule has 2 unspecified atom stereocenters. The smallest absolute Gasteiger partial charge is 0.0434 e. The highest BCUT2D eigenvalue weighted by Gasteiger charge is 2.12. The molecule has 0 radical (unpaired) electrons. The Labute approximate surface area is 125 Å². The fourth-order valence-electron chi connectivity index (χ4n) is 2.47. The summed E-state index contributed by atoms with van der Waals surface area (Å²) in [6.45, 7) is 5.69. The molecular weight excluding hydrogens is 302 g/mol. The number of halogens is 1. The van der Waals surface area contributed by atoms with E-state index in [1.165, 1.54) is 18.4 Å². The van der Waals surface area contributed by atoms with Crippen LogP contribution in [0.1, 0.15) is 51.1 Å². The maximum atomic E-state index is 9.11. The Morgan fingerprint density at radius 1 is 1.26 bits per heavy atom. The van der Waals surface area contributed by atoms with Crippen LogP contribution >= 0.6 is 15.9 Å². The first-order valence-electron chi connectivity index (χ1n) is 7.30. The van der Waals surface area contributed by atoms with E-state index in [9.17, 15) is 0 Å². The maximum absolute atomic E-state index is 9.11. The van der Waals surface area contributed by atoms with E-state index in [-0.39, 0.29) is 0 Å². The summed E-state index contributed by atoms with van der Waals surface area (Å²) in [6, 6.07) is 8.90. The van der Waals surface area contributed by atoms with Gasteiger partial charge in [-0.1, -0.05) is 48.3 Å². The Kier molecular flexibility index (Phi) is 8.35. The molecule has 3 heteroatoms. The second-order valence-corrected chi connectivity index (χ2v) is 6.01. The quantitative estimate of drug-likeness (QED) is 0.709. The molecule has 0 saturated carbocycles. The fourth-order valence-corrected chi connectivity index (χ4v) is 2.89. The predicted molar refractivity (Wildman–Crippen MR) is 85.3 cm³/mol. The maximum Gasteiger partial charge on any atom is 0.0434 e. The molecule has 0 amide bonds. The first-order valence-corrected chi connectivity index (χ1v) is 8.10. The normalized spacial score (nSPS) is 14.3. The highest BCUT2D eigenvalue weighted by molar-refractivity contribution is 9.10. The second kappa shape index (κ2) is 9.51. The van der Waals surface area contributed by atoms with Crippen LogP contribution in [0.15, 0.2) is 28.7 Å². The largest absolute Gasteiger partial charge is 0.396 e. The third kappa shape index (κ3) is 6.07. The number of nitrogens with one attached hydrogen (secondary N) is 1. The minimum atomic E-state index is 0.292. The van der Waals surface area contributed by atoms with E-state index in [4.69, 9.17) is 5.11 Å². The van der Waals surface area contributed by atoms with Gasteiger partial charge in [-0.15, -0.1) is 0 Å². The van der Waals surface area contributed by atoms with Gasteiger partial charge in [0.25, 0.3) is 0 Å². The van der Waals surface area contributed by atoms with E-state index >= 15 is 0 Å². The van der Waals surface area contributed by atoms with Crippen LogP contribution in [0.2, 0.25) is 0 Å². The van der Waals surface area contributed by atoms with Crippen LogP contribution in [0.25, 0.3) is 0 Å². The minimum absolute atomic E-state index is 0.292. The molecule has 0 heterocycles. The fraction of sp³-hybridized carbons (Fsp3) is 0.625. The van der Waals surface area contributed by atoms with Crippen molar-refractivity contribution in [1.82, 2.24) is 5.32 Å².